The molecule has 5 heteroatoms. The number of hydrogen-bond donors (Lipinski definition) is 1. The summed E-state index contributed by atoms with van der Waals surface area (Å²) in [5.74, 6) is 0.963. The van der Waals surface area contributed by atoms with Gasteiger partial charge in [0.25, 0.3) is 0 Å². The molecule has 0 radical (unpaired) electrons. The Labute approximate surface area is 99.6 Å². The molecular formula is C11H15ClN4. The molecule has 2 rings (SSSR count). The first-order valence-corrected chi connectivity index (χ1v) is 5.79. The molecule has 0 aromatic carbocycles. The molecule has 2 aromatic rings. The van der Waals surface area contributed by atoms with Gasteiger partial charge in [-0.3, -0.25) is 0 Å². The van der Waals surface area contributed by atoms with Crippen LogP contribution in [0.1, 0.15) is 18.9 Å². The molecule has 0 spiro atoms. The van der Waals surface area contributed by atoms with Gasteiger partial charge in [0, 0.05) is 11.9 Å². The minimum absolute atomic E-state index is 0.184. The first-order valence-electron chi connectivity index (χ1n) is 5.35. The zero-order valence-electron chi connectivity index (χ0n) is 9.44. The number of nitrogens with zero attached hydrogens (tertiary/aromatic N) is 3. The molecule has 0 bridgehead atoms. The predicted octanol–water partition coefficient (Wildman–Crippen LogP) is 2.47. The highest BCUT2D eigenvalue weighted by Gasteiger charge is 2.03. The highest BCUT2D eigenvalue weighted by molar-refractivity contribution is 6.20. The molecule has 0 aliphatic rings. The maximum Gasteiger partial charge on any atom is 0.157 e. The number of fused-ring (bicyclic) bond motifs is 1. The second kappa shape index (κ2) is 4.70. The van der Waals surface area contributed by atoms with E-state index in [1.165, 1.54) is 5.56 Å². The molecule has 4 nitrogen and oxygen atoms in total. The fraction of sp³-hybridized carbons (Fsp3) is 0.455. The van der Waals surface area contributed by atoms with Gasteiger partial charge in [-0.05, 0) is 38.0 Å². The Morgan fingerprint density at radius 2 is 2.31 bits per heavy atom. The van der Waals surface area contributed by atoms with E-state index in [1.54, 1.807) is 10.8 Å². The molecule has 0 fully saturated rings. The molecule has 0 amide bonds. The third-order valence-corrected chi connectivity index (χ3v) is 2.59. The molecule has 1 N–H and O–H groups in total. The van der Waals surface area contributed by atoms with Gasteiger partial charge in [-0.25, -0.2) is 4.98 Å². The standard InChI is InChI=1S/C11H15ClN4/c1-8-5-10(13-4-3-9(2)12)16-11(6-8)14-7-15-16/h5-7,9,13H,3-4H2,1-2H3. The largest absolute Gasteiger partial charge is 0.370 e. The van der Waals surface area contributed by atoms with Crippen molar-refractivity contribution in [2.75, 3.05) is 11.9 Å². The van der Waals surface area contributed by atoms with Crippen molar-refractivity contribution in [2.45, 2.75) is 25.6 Å². The lowest BCUT2D eigenvalue weighted by atomic mass is 10.3. The van der Waals surface area contributed by atoms with E-state index in [9.17, 15) is 0 Å². The van der Waals surface area contributed by atoms with E-state index >= 15 is 0 Å². The van der Waals surface area contributed by atoms with Crippen LogP contribution in [0.25, 0.3) is 5.65 Å². The van der Waals surface area contributed by atoms with Gasteiger partial charge in [0.05, 0.1) is 0 Å². The second-order valence-electron chi connectivity index (χ2n) is 3.94. The summed E-state index contributed by atoms with van der Waals surface area (Å²) in [6, 6.07) is 4.06. The summed E-state index contributed by atoms with van der Waals surface area (Å²) in [5.41, 5.74) is 2.03. The summed E-state index contributed by atoms with van der Waals surface area (Å²) in [4.78, 5) is 4.17. The normalized spacial score (nSPS) is 12.9. The van der Waals surface area contributed by atoms with Gasteiger partial charge in [-0.1, -0.05) is 0 Å². The molecule has 2 heterocycles. The van der Waals surface area contributed by atoms with Crippen molar-refractivity contribution in [3.8, 4) is 0 Å². The number of anilines is 1. The van der Waals surface area contributed by atoms with Crippen LogP contribution in [-0.4, -0.2) is 26.5 Å². The van der Waals surface area contributed by atoms with Crippen molar-refractivity contribution in [1.29, 1.82) is 0 Å². The van der Waals surface area contributed by atoms with Crippen molar-refractivity contribution < 1.29 is 0 Å². The van der Waals surface area contributed by atoms with E-state index in [2.05, 4.69) is 21.5 Å². The fourth-order valence-corrected chi connectivity index (χ4v) is 1.69. The van der Waals surface area contributed by atoms with Crippen LogP contribution in [0.5, 0.6) is 0 Å². The van der Waals surface area contributed by atoms with Crippen LogP contribution in [0, 0.1) is 6.92 Å². The van der Waals surface area contributed by atoms with Crippen LogP contribution >= 0.6 is 11.6 Å². The van der Waals surface area contributed by atoms with E-state index in [1.807, 2.05) is 19.9 Å². The SMILES string of the molecule is Cc1cc(NCCC(C)Cl)n2ncnc2c1. The highest BCUT2D eigenvalue weighted by atomic mass is 35.5. The summed E-state index contributed by atoms with van der Waals surface area (Å²) >= 11 is 5.90. The van der Waals surface area contributed by atoms with E-state index in [0.29, 0.717) is 0 Å². The van der Waals surface area contributed by atoms with Crippen LogP contribution in [0.15, 0.2) is 18.5 Å². The van der Waals surface area contributed by atoms with Crippen LogP contribution < -0.4 is 5.32 Å². The molecule has 2 aromatic heterocycles. The third kappa shape index (κ3) is 2.44. The number of rotatable bonds is 4. The lowest BCUT2D eigenvalue weighted by Gasteiger charge is -2.09. The van der Waals surface area contributed by atoms with Crippen molar-refractivity contribution in [3.63, 3.8) is 0 Å². The Bertz CT molecular complexity index is 478. The minimum atomic E-state index is 0.184. The zero-order chi connectivity index (χ0) is 11.5. The topological polar surface area (TPSA) is 42.2 Å². The molecule has 0 aliphatic heterocycles. The lowest BCUT2D eigenvalue weighted by molar-refractivity contribution is 0.829. The van der Waals surface area contributed by atoms with Gasteiger partial charge < -0.3 is 5.32 Å². The molecule has 0 saturated heterocycles. The molecule has 1 atom stereocenters. The predicted molar refractivity (Wildman–Crippen MR) is 66.1 cm³/mol. The number of pyridine rings is 1. The highest BCUT2D eigenvalue weighted by Crippen LogP contribution is 2.13. The number of nitrogens with one attached hydrogen (secondary N) is 1. The van der Waals surface area contributed by atoms with E-state index in [0.717, 1.165) is 24.4 Å². The van der Waals surface area contributed by atoms with E-state index < -0.39 is 0 Å². The molecular weight excluding hydrogens is 224 g/mol. The molecule has 1 unspecified atom stereocenters. The average molecular weight is 239 g/mol. The Morgan fingerprint density at radius 1 is 1.50 bits per heavy atom. The Balaban J connectivity index is 2.19. The van der Waals surface area contributed by atoms with Crippen molar-refractivity contribution in [1.82, 2.24) is 14.6 Å². The molecule has 0 saturated carbocycles. The Morgan fingerprint density at radius 3 is 3.06 bits per heavy atom. The quantitative estimate of drug-likeness (QED) is 0.833. The number of halogens is 1. The zero-order valence-corrected chi connectivity index (χ0v) is 10.2. The van der Waals surface area contributed by atoms with E-state index in [-0.39, 0.29) is 5.38 Å². The minimum Gasteiger partial charge on any atom is -0.370 e. The summed E-state index contributed by atoms with van der Waals surface area (Å²) in [7, 11) is 0. The Hall–Kier alpha value is -1.29. The summed E-state index contributed by atoms with van der Waals surface area (Å²) in [6.07, 6.45) is 2.48. The van der Waals surface area contributed by atoms with Gasteiger partial charge >= 0.3 is 0 Å². The number of hydrogen-bond acceptors (Lipinski definition) is 3. The second-order valence-corrected chi connectivity index (χ2v) is 4.69. The van der Waals surface area contributed by atoms with Crippen LogP contribution in [-0.2, 0) is 0 Å². The first kappa shape index (κ1) is 11.2. The smallest absolute Gasteiger partial charge is 0.157 e. The third-order valence-electron chi connectivity index (χ3n) is 2.37. The van der Waals surface area contributed by atoms with Crippen LogP contribution in [0.2, 0.25) is 0 Å². The van der Waals surface area contributed by atoms with E-state index in [4.69, 9.17) is 11.6 Å². The summed E-state index contributed by atoms with van der Waals surface area (Å²) < 4.78 is 1.80. The molecule has 16 heavy (non-hydrogen) atoms. The molecule has 86 valence electrons. The van der Waals surface area contributed by atoms with Gasteiger partial charge in [-0.2, -0.15) is 9.61 Å². The van der Waals surface area contributed by atoms with Crippen molar-refractivity contribution in [3.05, 3.63) is 24.0 Å². The van der Waals surface area contributed by atoms with Crippen molar-refractivity contribution in [2.24, 2.45) is 0 Å². The molecule has 0 aliphatic carbocycles. The number of aromatic nitrogens is 3. The monoisotopic (exact) mass is 238 g/mol. The van der Waals surface area contributed by atoms with Gasteiger partial charge in [0.15, 0.2) is 5.65 Å². The average Bonchev–Trinajstić information content (AvgIpc) is 2.64. The van der Waals surface area contributed by atoms with Crippen LogP contribution in [0.4, 0.5) is 5.82 Å². The van der Waals surface area contributed by atoms with Crippen LogP contribution in [0.3, 0.4) is 0 Å². The maximum absolute atomic E-state index is 5.90. The van der Waals surface area contributed by atoms with Gasteiger partial charge in [-0.15, -0.1) is 11.6 Å². The lowest BCUT2D eigenvalue weighted by Crippen LogP contribution is -2.10. The van der Waals surface area contributed by atoms with Gasteiger partial charge in [0.2, 0.25) is 0 Å². The fourth-order valence-electron chi connectivity index (χ4n) is 1.58. The summed E-state index contributed by atoms with van der Waals surface area (Å²) in [6.45, 7) is 4.87. The number of aryl methyl sites for hydroxylation is 1. The first-order chi connectivity index (χ1) is 7.66. The Kier molecular flexibility index (Phi) is 3.29. The van der Waals surface area contributed by atoms with Gasteiger partial charge in [0.1, 0.15) is 12.1 Å². The number of alkyl halides is 1. The van der Waals surface area contributed by atoms with Crippen molar-refractivity contribution >= 4 is 23.1 Å². The maximum atomic E-state index is 5.90. The summed E-state index contributed by atoms with van der Waals surface area (Å²) in [5, 5.41) is 7.67.